The second-order valence-electron chi connectivity index (χ2n) is 7.37. The molecule has 0 saturated carbocycles. The van der Waals surface area contributed by atoms with Gasteiger partial charge in [-0.25, -0.2) is 0 Å². The quantitative estimate of drug-likeness (QED) is 0.762. The van der Waals surface area contributed by atoms with Gasteiger partial charge in [-0.1, -0.05) is 6.92 Å². The van der Waals surface area contributed by atoms with Crippen LogP contribution in [0, 0.1) is 0 Å². The van der Waals surface area contributed by atoms with Crippen LogP contribution in [-0.4, -0.2) is 47.3 Å². The van der Waals surface area contributed by atoms with Crippen LogP contribution in [0.1, 0.15) is 58.8 Å². The molecular formula is C19H32N6S. The number of piperidine rings is 2. The molecule has 2 fully saturated rings. The third kappa shape index (κ3) is 4.96. The number of nitrogens with one attached hydrogen (secondary N) is 2. The van der Waals surface area contributed by atoms with Gasteiger partial charge in [0.2, 0.25) is 5.95 Å². The van der Waals surface area contributed by atoms with E-state index >= 15 is 0 Å². The van der Waals surface area contributed by atoms with Gasteiger partial charge in [0.15, 0.2) is 5.11 Å². The largest absolute Gasteiger partial charge is 0.362 e. The molecule has 0 amide bonds. The highest BCUT2D eigenvalue weighted by Crippen LogP contribution is 2.28. The number of aromatic nitrogens is 2. The van der Waals surface area contributed by atoms with Crippen molar-refractivity contribution in [2.75, 3.05) is 41.3 Å². The van der Waals surface area contributed by atoms with Crippen molar-refractivity contribution in [3.05, 3.63) is 6.07 Å². The Morgan fingerprint density at radius 1 is 1.12 bits per heavy atom. The standard InChI is InChI=1S/C19H32N6S/c1-3-10-20-19(26)23-18-21-16(24-11-6-4-7-12-24)14-17(22-18)25-13-8-5-9-15(25)2/h14-15H,3-13H2,1-2H3,(H2,20,21,22,23,26)/t15-/m0/s1. The highest BCUT2D eigenvalue weighted by atomic mass is 32.1. The van der Waals surface area contributed by atoms with Gasteiger partial charge in [0.1, 0.15) is 11.6 Å². The molecule has 0 radical (unpaired) electrons. The van der Waals surface area contributed by atoms with Crippen LogP contribution in [0.4, 0.5) is 17.6 Å². The lowest BCUT2D eigenvalue weighted by Gasteiger charge is -2.35. The molecule has 2 aliphatic rings. The molecule has 0 aliphatic carbocycles. The number of hydrogen-bond donors (Lipinski definition) is 2. The maximum absolute atomic E-state index is 5.39. The molecule has 7 heteroatoms. The molecule has 2 saturated heterocycles. The Morgan fingerprint density at radius 2 is 1.85 bits per heavy atom. The van der Waals surface area contributed by atoms with E-state index in [4.69, 9.17) is 22.2 Å². The van der Waals surface area contributed by atoms with Gasteiger partial charge in [-0.05, 0) is 64.1 Å². The zero-order valence-electron chi connectivity index (χ0n) is 16.1. The Labute approximate surface area is 162 Å². The predicted octanol–water partition coefficient (Wildman–Crippen LogP) is 3.54. The average Bonchev–Trinajstić information content (AvgIpc) is 2.67. The second kappa shape index (κ2) is 9.35. The van der Waals surface area contributed by atoms with Crippen molar-refractivity contribution in [1.82, 2.24) is 15.3 Å². The third-order valence-corrected chi connectivity index (χ3v) is 5.48. The molecule has 0 unspecified atom stereocenters. The normalized spacial score (nSPS) is 20.8. The first kappa shape index (κ1) is 19.1. The van der Waals surface area contributed by atoms with Gasteiger partial charge in [0.05, 0.1) is 0 Å². The van der Waals surface area contributed by atoms with Crippen molar-refractivity contribution in [2.24, 2.45) is 0 Å². The molecule has 1 aromatic rings. The molecule has 3 rings (SSSR count). The van der Waals surface area contributed by atoms with Crippen LogP contribution in [0.2, 0.25) is 0 Å². The molecule has 0 aromatic carbocycles. The summed E-state index contributed by atoms with van der Waals surface area (Å²) in [5.41, 5.74) is 0. The first-order chi connectivity index (χ1) is 12.7. The van der Waals surface area contributed by atoms with Crippen LogP contribution in [-0.2, 0) is 0 Å². The lowest BCUT2D eigenvalue weighted by atomic mass is 10.0. The molecule has 0 bridgehead atoms. The van der Waals surface area contributed by atoms with Gasteiger partial charge >= 0.3 is 0 Å². The van der Waals surface area contributed by atoms with E-state index in [1.807, 2.05) is 0 Å². The van der Waals surface area contributed by atoms with E-state index in [1.165, 1.54) is 38.5 Å². The number of thiocarbonyl (C=S) groups is 1. The smallest absolute Gasteiger partial charge is 0.232 e. The SMILES string of the molecule is CCCNC(=S)Nc1nc(N2CCCCC2)cc(N2CCCC[C@@H]2C)n1. The van der Waals surface area contributed by atoms with E-state index < -0.39 is 0 Å². The van der Waals surface area contributed by atoms with E-state index in [9.17, 15) is 0 Å². The van der Waals surface area contributed by atoms with Gasteiger partial charge in [0, 0.05) is 38.3 Å². The van der Waals surface area contributed by atoms with Crippen molar-refractivity contribution < 1.29 is 0 Å². The minimum absolute atomic E-state index is 0.519. The van der Waals surface area contributed by atoms with Crippen molar-refractivity contribution in [1.29, 1.82) is 0 Å². The molecule has 6 nitrogen and oxygen atoms in total. The predicted molar refractivity (Wildman–Crippen MR) is 113 cm³/mol. The third-order valence-electron chi connectivity index (χ3n) is 5.24. The van der Waals surface area contributed by atoms with E-state index in [1.54, 1.807) is 0 Å². The van der Waals surface area contributed by atoms with E-state index in [0.717, 1.165) is 44.2 Å². The van der Waals surface area contributed by atoms with Crippen LogP contribution in [0.15, 0.2) is 6.07 Å². The summed E-state index contributed by atoms with van der Waals surface area (Å²) in [5.74, 6) is 2.65. The summed E-state index contributed by atoms with van der Waals surface area (Å²) in [4.78, 5) is 14.4. The summed E-state index contributed by atoms with van der Waals surface area (Å²) in [5, 5.41) is 6.99. The van der Waals surface area contributed by atoms with Crippen LogP contribution in [0.5, 0.6) is 0 Å². The van der Waals surface area contributed by atoms with E-state index in [0.29, 0.717) is 17.1 Å². The fourth-order valence-corrected chi connectivity index (χ4v) is 3.93. The molecule has 26 heavy (non-hydrogen) atoms. The highest BCUT2D eigenvalue weighted by molar-refractivity contribution is 7.80. The lowest BCUT2D eigenvalue weighted by Crippen LogP contribution is -2.39. The van der Waals surface area contributed by atoms with Crippen LogP contribution < -0.4 is 20.4 Å². The topological polar surface area (TPSA) is 56.3 Å². The van der Waals surface area contributed by atoms with Crippen LogP contribution >= 0.6 is 12.2 Å². The Hall–Kier alpha value is -1.63. The minimum atomic E-state index is 0.519. The van der Waals surface area contributed by atoms with Crippen LogP contribution in [0.25, 0.3) is 0 Å². The maximum atomic E-state index is 5.39. The average molecular weight is 377 g/mol. The molecule has 1 aromatic heterocycles. The fraction of sp³-hybridized carbons (Fsp3) is 0.737. The van der Waals surface area contributed by atoms with Gasteiger partial charge in [0.25, 0.3) is 0 Å². The van der Waals surface area contributed by atoms with Crippen molar-refractivity contribution in [3.8, 4) is 0 Å². The Morgan fingerprint density at radius 3 is 2.58 bits per heavy atom. The van der Waals surface area contributed by atoms with Gasteiger partial charge in [-0.3, -0.25) is 0 Å². The molecule has 1 atom stereocenters. The summed E-state index contributed by atoms with van der Waals surface area (Å²) in [7, 11) is 0. The number of hydrogen-bond acceptors (Lipinski definition) is 5. The maximum Gasteiger partial charge on any atom is 0.232 e. The summed E-state index contributed by atoms with van der Waals surface area (Å²) < 4.78 is 0. The van der Waals surface area contributed by atoms with Crippen molar-refractivity contribution in [2.45, 2.75) is 64.8 Å². The number of rotatable bonds is 5. The fourth-order valence-electron chi connectivity index (χ4n) is 3.73. The monoisotopic (exact) mass is 376 g/mol. The summed E-state index contributed by atoms with van der Waals surface area (Å²) in [6.45, 7) is 8.48. The van der Waals surface area contributed by atoms with Crippen LogP contribution in [0.3, 0.4) is 0 Å². The molecule has 144 valence electrons. The highest BCUT2D eigenvalue weighted by Gasteiger charge is 2.23. The summed E-state index contributed by atoms with van der Waals surface area (Å²) in [6, 6.07) is 2.69. The Kier molecular flexibility index (Phi) is 6.88. The first-order valence-electron chi connectivity index (χ1n) is 10.1. The van der Waals surface area contributed by atoms with E-state index in [2.05, 4.69) is 40.3 Å². The first-order valence-corrected chi connectivity index (χ1v) is 10.5. The summed E-state index contributed by atoms with van der Waals surface area (Å²) in [6.07, 6.45) is 8.57. The Bertz CT molecular complexity index is 602. The van der Waals surface area contributed by atoms with E-state index in [-0.39, 0.29) is 0 Å². The number of anilines is 3. The number of nitrogens with zero attached hydrogens (tertiary/aromatic N) is 4. The zero-order valence-corrected chi connectivity index (χ0v) is 16.9. The Balaban J connectivity index is 1.84. The molecule has 2 N–H and O–H groups in total. The van der Waals surface area contributed by atoms with Crippen molar-refractivity contribution >= 4 is 34.9 Å². The second-order valence-corrected chi connectivity index (χ2v) is 7.78. The zero-order chi connectivity index (χ0) is 18.4. The summed E-state index contributed by atoms with van der Waals surface area (Å²) >= 11 is 5.39. The molecule has 3 heterocycles. The van der Waals surface area contributed by atoms with Gasteiger partial charge < -0.3 is 20.4 Å². The lowest BCUT2D eigenvalue weighted by molar-refractivity contribution is 0.481. The van der Waals surface area contributed by atoms with Crippen molar-refractivity contribution in [3.63, 3.8) is 0 Å². The van der Waals surface area contributed by atoms with Gasteiger partial charge in [-0.15, -0.1) is 0 Å². The molecule has 0 spiro atoms. The van der Waals surface area contributed by atoms with Gasteiger partial charge in [-0.2, -0.15) is 9.97 Å². The molecular weight excluding hydrogens is 344 g/mol. The molecule has 2 aliphatic heterocycles. The minimum Gasteiger partial charge on any atom is -0.362 e.